The minimum atomic E-state index is 0.393. The highest BCUT2D eigenvalue weighted by Crippen LogP contribution is 2.21. The molecular formula is C14H27N3. The van der Waals surface area contributed by atoms with E-state index >= 15 is 0 Å². The molecule has 1 unspecified atom stereocenters. The lowest BCUT2D eigenvalue weighted by Gasteiger charge is -2.19. The van der Waals surface area contributed by atoms with E-state index in [9.17, 15) is 0 Å². The highest BCUT2D eigenvalue weighted by Gasteiger charge is 2.16. The molecule has 3 heteroatoms. The van der Waals surface area contributed by atoms with Crippen LogP contribution in [0.2, 0.25) is 0 Å². The molecule has 0 aliphatic heterocycles. The zero-order valence-electron chi connectivity index (χ0n) is 12.2. The van der Waals surface area contributed by atoms with Gasteiger partial charge >= 0.3 is 0 Å². The van der Waals surface area contributed by atoms with Crippen LogP contribution in [0.4, 0.5) is 0 Å². The summed E-state index contributed by atoms with van der Waals surface area (Å²) in [5, 5.41) is 8.12. The third-order valence-corrected chi connectivity index (χ3v) is 3.87. The predicted octanol–water partition coefficient (Wildman–Crippen LogP) is 3.12. The maximum Gasteiger partial charge on any atom is 0.0644 e. The third-order valence-electron chi connectivity index (χ3n) is 3.87. The Morgan fingerprint density at radius 3 is 2.24 bits per heavy atom. The van der Waals surface area contributed by atoms with Crippen molar-refractivity contribution in [1.29, 1.82) is 0 Å². The summed E-state index contributed by atoms with van der Waals surface area (Å²) in [6, 6.07) is 0.393. The number of hydrogen-bond acceptors (Lipinski definition) is 2. The quantitative estimate of drug-likeness (QED) is 0.824. The van der Waals surface area contributed by atoms with Gasteiger partial charge in [0, 0.05) is 24.3 Å². The summed E-state index contributed by atoms with van der Waals surface area (Å²) in [4.78, 5) is 0. The second-order valence-corrected chi connectivity index (χ2v) is 5.02. The van der Waals surface area contributed by atoms with Crippen LogP contribution >= 0.6 is 0 Å². The summed E-state index contributed by atoms with van der Waals surface area (Å²) in [6.45, 7) is 12.1. The molecular weight excluding hydrogens is 210 g/mol. The lowest BCUT2D eigenvalue weighted by atomic mass is 10.0. The van der Waals surface area contributed by atoms with Gasteiger partial charge in [-0.3, -0.25) is 4.68 Å². The van der Waals surface area contributed by atoms with E-state index in [1.807, 2.05) is 11.7 Å². The van der Waals surface area contributed by atoms with Gasteiger partial charge in [0.1, 0.15) is 0 Å². The molecule has 1 aromatic heterocycles. The van der Waals surface area contributed by atoms with Gasteiger partial charge in [0.2, 0.25) is 0 Å². The van der Waals surface area contributed by atoms with Gasteiger partial charge in [-0.25, -0.2) is 0 Å². The van der Waals surface area contributed by atoms with Gasteiger partial charge in [-0.2, -0.15) is 5.10 Å². The second-order valence-electron chi connectivity index (χ2n) is 5.02. The van der Waals surface area contributed by atoms with Crippen LogP contribution in [-0.2, 0) is 7.05 Å². The van der Waals surface area contributed by atoms with Crippen molar-refractivity contribution in [1.82, 2.24) is 15.1 Å². The Balaban J connectivity index is 2.66. The van der Waals surface area contributed by atoms with Crippen molar-refractivity contribution in [2.45, 2.75) is 53.5 Å². The average Bonchev–Trinajstić information content (AvgIpc) is 2.54. The molecule has 0 fully saturated rings. The molecule has 0 spiro atoms. The van der Waals surface area contributed by atoms with E-state index in [1.165, 1.54) is 24.1 Å². The van der Waals surface area contributed by atoms with Crippen molar-refractivity contribution in [2.24, 2.45) is 13.0 Å². The van der Waals surface area contributed by atoms with E-state index in [0.717, 1.165) is 18.2 Å². The molecule has 0 aliphatic carbocycles. The Morgan fingerprint density at radius 2 is 1.82 bits per heavy atom. The van der Waals surface area contributed by atoms with Crippen molar-refractivity contribution in [3.63, 3.8) is 0 Å². The van der Waals surface area contributed by atoms with Gasteiger partial charge in [0.15, 0.2) is 0 Å². The van der Waals surface area contributed by atoms with Crippen LogP contribution in [-0.4, -0.2) is 16.3 Å². The monoisotopic (exact) mass is 237 g/mol. The molecule has 0 bridgehead atoms. The molecule has 0 aromatic carbocycles. The maximum atomic E-state index is 4.48. The molecule has 17 heavy (non-hydrogen) atoms. The molecule has 0 saturated carbocycles. The Kier molecular flexibility index (Phi) is 5.19. The molecule has 0 aliphatic rings. The van der Waals surface area contributed by atoms with Gasteiger partial charge < -0.3 is 5.32 Å². The first-order valence-electron chi connectivity index (χ1n) is 6.74. The molecule has 1 heterocycles. The number of nitrogens with one attached hydrogen (secondary N) is 1. The van der Waals surface area contributed by atoms with Crippen molar-refractivity contribution in [2.75, 3.05) is 6.54 Å². The highest BCUT2D eigenvalue weighted by atomic mass is 15.3. The highest BCUT2D eigenvalue weighted by molar-refractivity contribution is 5.27. The lowest BCUT2D eigenvalue weighted by molar-refractivity contribution is 0.421. The van der Waals surface area contributed by atoms with Crippen LogP contribution in [0.5, 0.6) is 0 Å². The summed E-state index contributed by atoms with van der Waals surface area (Å²) in [7, 11) is 2.01. The fraction of sp³-hybridized carbons (Fsp3) is 0.786. The number of rotatable bonds is 6. The van der Waals surface area contributed by atoms with Gasteiger partial charge in [-0.15, -0.1) is 0 Å². The molecule has 1 N–H and O–H groups in total. The fourth-order valence-electron chi connectivity index (χ4n) is 2.44. The minimum Gasteiger partial charge on any atom is -0.310 e. The molecule has 0 amide bonds. The maximum absolute atomic E-state index is 4.48. The number of nitrogens with zero attached hydrogens (tertiary/aromatic N) is 2. The molecule has 0 radical (unpaired) electrons. The summed E-state index contributed by atoms with van der Waals surface area (Å²) in [5.41, 5.74) is 3.78. The molecule has 0 saturated heterocycles. The normalized spacial score (nSPS) is 13.4. The SMILES string of the molecule is CCC(CC)CNC(C)c1c(C)nn(C)c1C. The van der Waals surface area contributed by atoms with E-state index in [0.29, 0.717) is 6.04 Å². The first-order valence-corrected chi connectivity index (χ1v) is 6.74. The summed E-state index contributed by atoms with van der Waals surface area (Å²) in [5.74, 6) is 0.787. The van der Waals surface area contributed by atoms with Crippen molar-refractivity contribution in [3.8, 4) is 0 Å². The molecule has 1 atom stereocenters. The van der Waals surface area contributed by atoms with Crippen LogP contribution in [0.15, 0.2) is 0 Å². The Bertz CT molecular complexity index is 351. The summed E-state index contributed by atoms with van der Waals surface area (Å²) < 4.78 is 1.97. The topological polar surface area (TPSA) is 29.9 Å². The molecule has 1 rings (SSSR count). The third kappa shape index (κ3) is 3.32. The number of aryl methyl sites for hydroxylation is 2. The standard InChI is InChI=1S/C14H27N3/c1-7-13(8-2)9-15-10(3)14-11(4)16-17(6)12(14)5/h10,13,15H,7-9H2,1-6H3. The largest absolute Gasteiger partial charge is 0.310 e. The van der Waals surface area contributed by atoms with E-state index in [-0.39, 0.29) is 0 Å². The van der Waals surface area contributed by atoms with E-state index in [1.54, 1.807) is 0 Å². The second kappa shape index (κ2) is 6.20. The van der Waals surface area contributed by atoms with E-state index in [4.69, 9.17) is 0 Å². The predicted molar refractivity (Wildman–Crippen MR) is 73.2 cm³/mol. The van der Waals surface area contributed by atoms with Crippen molar-refractivity contribution >= 4 is 0 Å². The number of hydrogen-bond donors (Lipinski definition) is 1. The van der Waals surface area contributed by atoms with Crippen LogP contribution in [0.1, 0.15) is 56.6 Å². The Hall–Kier alpha value is -0.830. The van der Waals surface area contributed by atoms with Gasteiger partial charge in [0.05, 0.1) is 5.69 Å². The van der Waals surface area contributed by atoms with Crippen LogP contribution in [0.25, 0.3) is 0 Å². The number of aromatic nitrogens is 2. The molecule has 98 valence electrons. The van der Waals surface area contributed by atoms with E-state index < -0.39 is 0 Å². The zero-order chi connectivity index (χ0) is 13.0. The summed E-state index contributed by atoms with van der Waals surface area (Å²) in [6.07, 6.45) is 2.50. The van der Waals surface area contributed by atoms with Gasteiger partial charge in [-0.1, -0.05) is 26.7 Å². The van der Waals surface area contributed by atoms with Gasteiger partial charge in [-0.05, 0) is 33.2 Å². The van der Waals surface area contributed by atoms with Crippen LogP contribution in [0, 0.1) is 19.8 Å². The first kappa shape index (κ1) is 14.2. The van der Waals surface area contributed by atoms with Crippen molar-refractivity contribution in [3.05, 3.63) is 17.0 Å². The lowest BCUT2D eigenvalue weighted by Crippen LogP contribution is -2.26. The minimum absolute atomic E-state index is 0.393. The Morgan fingerprint density at radius 1 is 1.24 bits per heavy atom. The van der Waals surface area contributed by atoms with Crippen LogP contribution < -0.4 is 5.32 Å². The Labute approximate surface area is 106 Å². The fourth-order valence-corrected chi connectivity index (χ4v) is 2.44. The van der Waals surface area contributed by atoms with Crippen LogP contribution in [0.3, 0.4) is 0 Å². The average molecular weight is 237 g/mol. The first-order chi connectivity index (χ1) is 8.01. The van der Waals surface area contributed by atoms with E-state index in [2.05, 4.69) is 45.0 Å². The van der Waals surface area contributed by atoms with Gasteiger partial charge in [0.25, 0.3) is 0 Å². The molecule has 3 nitrogen and oxygen atoms in total. The molecule has 1 aromatic rings. The summed E-state index contributed by atoms with van der Waals surface area (Å²) >= 11 is 0. The van der Waals surface area contributed by atoms with Crippen molar-refractivity contribution < 1.29 is 0 Å². The zero-order valence-corrected chi connectivity index (χ0v) is 12.2. The smallest absolute Gasteiger partial charge is 0.0644 e.